The lowest BCUT2D eigenvalue weighted by molar-refractivity contribution is -0.904. The van der Waals surface area contributed by atoms with Gasteiger partial charge in [0.1, 0.15) is 23.0 Å². The number of carbonyl (C=O) groups is 1. The van der Waals surface area contributed by atoms with Gasteiger partial charge in [-0.15, -0.1) is 0 Å². The molecule has 2 N–H and O–H groups in total. The molecule has 2 aromatic carbocycles. The molecule has 2 aliphatic heterocycles. The van der Waals surface area contributed by atoms with E-state index >= 15 is 0 Å². The Bertz CT molecular complexity index is 2390. The van der Waals surface area contributed by atoms with Gasteiger partial charge < -0.3 is 29.2 Å². The van der Waals surface area contributed by atoms with E-state index in [2.05, 4.69) is 71.2 Å². The number of benzene rings is 2. The zero-order chi connectivity index (χ0) is 43.3. The summed E-state index contributed by atoms with van der Waals surface area (Å²) in [5.74, 6) is 3.42. The van der Waals surface area contributed by atoms with Gasteiger partial charge in [0.05, 0.1) is 58.3 Å². The third-order valence-corrected chi connectivity index (χ3v) is 13.3. The van der Waals surface area contributed by atoms with Crippen molar-refractivity contribution in [1.82, 2.24) is 30.0 Å². The highest BCUT2D eigenvalue weighted by Gasteiger charge is 2.37. The minimum atomic E-state index is -0.0715. The molecule has 2 atom stereocenters. The number of pyridine rings is 3. The zero-order valence-corrected chi connectivity index (χ0v) is 38.9. The zero-order valence-electron chi connectivity index (χ0n) is 35.7. The SMILES string of the molecule is COc1cc2c(c(OC)c1)C(N1CCN(C(=O)Cc3cc[n+](O)cc3)CC1)c1ncc(Br)cc1CC2.COc1cc2c(c(OC)c1)C(N1CCNCC1)c1ncc(Br)cc1CC2. The minimum Gasteiger partial charge on any atom is -0.497 e. The highest BCUT2D eigenvalue weighted by atomic mass is 79.9. The number of halogens is 2. The summed E-state index contributed by atoms with van der Waals surface area (Å²) in [6, 6.07) is 16.2. The monoisotopic (exact) mass is 970 g/mol. The van der Waals surface area contributed by atoms with Gasteiger partial charge in [-0.05, 0) is 110 Å². The second kappa shape index (κ2) is 19.7. The molecule has 9 rings (SSSR count). The predicted octanol–water partition coefficient (Wildman–Crippen LogP) is 5.92. The summed E-state index contributed by atoms with van der Waals surface area (Å²) in [6.45, 7) is 6.73. The van der Waals surface area contributed by atoms with Crippen LogP contribution in [-0.2, 0) is 36.9 Å². The van der Waals surface area contributed by atoms with Crippen LogP contribution in [0.5, 0.6) is 23.0 Å². The maximum atomic E-state index is 13.0. The molecule has 3 aromatic heterocycles. The van der Waals surface area contributed by atoms with Crippen LogP contribution in [0.1, 0.15) is 62.4 Å². The Balaban J connectivity index is 0.000000180. The summed E-state index contributed by atoms with van der Waals surface area (Å²) in [5.41, 5.74) is 10.5. The summed E-state index contributed by atoms with van der Waals surface area (Å²) in [5, 5.41) is 12.9. The Kier molecular flexibility index (Phi) is 13.9. The van der Waals surface area contributed by atoms with Gasteiger partial charge in [0.25, 0.3) is 0 Å². The normalized spacial score (nSPS) is 18.6. The van der Waals surface area contributed by atoms with Crippen molar-refractivity contribution in [2.45, 2.75) is 44.2 Å². The average Bonchev–Trinajstić information content (AvgIpc) is 3.57. The first-order valence-corrected chi connectivity index (χ1v) is 22.7. The molecule has 0 spiro atoms. The van der Waals surface area contributed by atoms with Crippen LogP contribution in [0.25, 0.3) is 0 Å². The maximum absolute atomic E-state index is 13.0. The Morgan fingerprint density at radius 3 is 1.61 bits per heavy atom. The van der Waals surface area contributed by atoms with Gasteiger partial charge >= 0.3 is 0 Å². The van der Waals surface area contributed by atoms with Gasteiger partial charge in [-0.1, -0.05) is 0 Å². The summed E-state index contributed by atoms with van der Waals surface area (Å²) in [4.78, 5) is 29.6. The van der Waals surface area contributed by atoms with Crippen molar-refractivity contribution in [3.63, 3.8) is 0 Å². The molecule has 5 heterocycles. The molecular weight excluding hydrogens is 918 g/mol. The Morgan fingerprint density at radius 2 is 1.15 bits per heavy atom. The molecule has 13 nitrogen and oxygen atoms in total. The van der Waals surface area contributed by atoms with Crippen molar-refractivity contribution in [3.05, 3.63) is 133 Å². The van der Waals surface area contributed by atoms with Gasteiger partial charge in [-0.3, -0.25) is 29.8 Å². The lowest BCUT2D eigenvalue weighted by atomic mass is 9.94. The number of aryl methyl sites for hydroxylation is 4. The van der Waals surface area contributed by atoms with Crippen LogP contribution >= 0.6 is 31.9 Å². The molecule has 1 amide bonds. The number of piperazine rings is 2. The highest BCUT2D eigenvalue weighted by Crippen LogP contribution is 2.45. The Labute approximate surface area is 380 Å². The smallest absolute Gasteiger partial charge is 0.227 e. The number of rotatable bonds is 8. The molecule has 2 unspecified atom stereocenters. The molecule has 62 heavy (non-hydrogen) atoms. The summed E-state index contributed by atoms with van der Waals surface area (Å²) < 4.78 is 25.7. The number of amides is 1. The fraction of sp³-hybridized carbons (Fsp3) is 0.404. The number of carbonyl (C=O) groups excluding carboxylic acids is 1. The largest absolute Gasteiger partial charge is 0.497 e. The van der Waals surface area contributed by atoms with Gasteiger partial charge in [-0.25, -0.2) is 0 Å². The predicted molar refractivity (Wildman–Crippen MR) is 242 cm³/mol. The first-order chi connectivity index (χ1) is 30.2. The number of hydrogen-bond acceptors (Lipinski definition) is 11. The summed E-state index contributed by atoms with van der Waals surface area (Å²) in [7, 11) is 6.82. The van der Waals surface area contributed by atoms with Gasteiger partial charge in [0.15, 0.2) is 0 Å². The summed E-state index contributed by atoms with van der Waals surface area (Å²) in [6.07, 6.45) is 10.8. The Hall–Kier alpha value is -4.80. The van der Waals surface area contributed by atoms with E-state index in [1.807, 2.05) is 29.4 Å². The quantitative estimate of drug-likeness (QED) is 0.142. The van der Waals surface area contributed by atoms with E-state index in [1.165, 1.54) is 40.2 Å². The number of ether oxygens (including phenoxy) is 4. The minimum absolute atomic E-state index is 0.0715. The van der Waals surface area contributed by atoms with Crippen molar-refractivity contribution in [2.24, 2.45) is 0 Å². The van der Waals surface area contributed by atoms with Crippen LogP contribution in [0.2, 0.25) is 0 Å². The van der Waals surface area contributed by atoms with Crippen molar-refractivity contribution in [1.29, 1.82) is 0 Å². The fourth-order valence-electron chi connectivity index (χ4n) is 9.34. The van der Waals surface area contributed by atoms with E-state index in [4.69, 9.17) is 28.9 Å². The number of nitrogens with zero attached hydrogens (tertiary/aromatic N) is 6. The second-order valence-electron chi connectivity index (χ2n) is 16.0. The number of methoxy groups -OCH3 is 4. The molecule has 0 saturated carbocycles. The first kappa shape index (κ1) is 43.8. The van der Waals surface area contributed by atoms with E-state index in [1.54, 1.807) is 40.6 Å². The lowest BCUT2D eigenvalue weighted by Crippen LogP contribution is -2.50. The van der Waals surface area contributed by atoms with Crippen molar-refractivity contribution >= 4 is 37.8 Å². The third kappa shape index (κ3) is 9.42. The molecule has 2 saturated heterocycles. The molecule has 0 bridgehead atoms. The number of hydrogen-bond donors (Lipinski definition) is 2. The van der Waals surface area contributed by atoms with Crippen molar-refractivity contribution < 1.29 is 33.7 Å². The Morgan fingerprint density at radius 1 is 0.677 bits per heavy atom. The molecular formula is C47H54Br2N7O6+. The van der Waals surface area contributed by atoms with Crippen LogP contribution in [0.3, 0.4) is 0 Å². The molecule has 0 radical (unpaired) electrons. The molecule has 2 fully saturated rings. The van der Waals surface area contributed by atoms with Crippen molar-refractivity contribution in [2.75, 3.05) is 80.8 Å². The molecule has 4 aliphatic rings. The molecule has 2 aliphatic carbocycles. The van der Waals surface area contributed by atoms with Crippen molar-refractivity contribution in [3.8, 4) is 23.0 Å². The van der Waals surface area contributed by atoms with Crippen LogP contribution in [0, 0.1) is 0 Å². The van der Waals surface area contributed by atoms with E-state index in [0.717, 1.165) is 124 Å². The van der Waals surface area contributed by atoms with E-state index in [9.17, 15) is 10.0 Å². The van der Waals surface area contributed by atoms with Crippen LogP contribution in [0.15, 0.2) is 82.3 Å². The highest BCUT2D eigenvalue weighted by molar-refractivity contribution is 9.10. The molecule has 15 heteroatoms. The first-order valence-electron chi connectivity index (χ1n) is 21.1. The van der Waals surface area contributed by atoms with Crippen LogP contribution < -0.4 is 29.0 Å². The number of nitrogens with one attached hydrogen (secondary N) is 1. The molecule has 326 valence electrons. The third-order valence-electron chi connectivity index (χ3n) is 12.4. The standard InChI is InChI=1S/C27H30BrN4O4.C20H24BrN3O2/c1-35-22-15-19-3-4-20-14-21(28)17-29-26(20)27(25(19)23(16-22)36-2)31-11-9-30(10-12-31)24(33)13-18-5-7-32(34)8-6-18;1-25-16-10-13-3-4-14-9-15(21)12-23-19(14)20(18(13)17(11-16)26-2)24-7-5-22-6-8-24/h5-8,14-17,27,34H,3-4,9-13H2,1-2H3;9-12,20,22H,3-8H2,1-2H3/q+1;. The number of fused-ring (bicyclic) bond motifs is 4. The lowest BCUT2D eigenvalue weighted by Gasteiger charge is -2.40. The topological polar surface area (TPSA) is 126 Å². The van der Waals surface area contributed by atoms with E-state index in [-0.39, 0.29) is 18.0 Å². The fourth-order valence-corrected chi connectivity index (χ4v) is 10.1. The van der Waals surface area contributed by atoms with Gasteiger partial charge in [-0.2, -0.15) is 0 Å². The maximum Gasteiger partial charge on any atom is 0.227 e. The average molecular weight is 973 g/mol. The van der Waals surface area contributed by atoms with Crippen LogP contribution in [0.4, 0.5) is 0 Å². The van der Waals surface area contributed by atoms with Gasteiger partial charge in [0, 0.05) is 114 Å². The van der Waals surface area contributed by atoms with Gasteiger partial charge in [0.2, 0.25) is 18.3 Å². The second-order valence-corrected chi connectivity index (χ2v) is 17.8. The molecule has 5 aromatic rings. The van der Waals surface area contributed by atoms with E-state index in [0.29, 0.717) is 19.5 Å². The van der Waals surface area contributed by atoms with E-state index < -0.39 is 0 Å². The number of aromatic nitrogens is 3. The van der Waals surface area contributed by atoms with Crippen LogP contribution in [-0.4, -0.2) is 117 Å². The summed E-state index contributed by atoms with van der Waals surface area (Å²) >= 11 is 7.18.